The smallest absolute Gasteiger partial charge is 0.106 e. The molecule has 3 N–H and O–H groups in total. The van der Waals surface area contributed by atoms with Crippen molar-refractivity contribution in [2.24, 2.45) is 0 Å². The number of rotatable bonds is 4. The lowest BCUT2D eigenvalue weighted by Crippen LogP contribution is -2.20. The molecule has 3 nitrogen and oxygen atoms in total. The van der Waals surface area contributed by atoms with Crippen LogP contribution in [0.1, 0.15) is 22.8 Å². The Balaban J connectivity index is 2.95. The van der Waals surface area contributed by atoms with E-state index >= 15 is 0 Å². The van der Waals surface area contributed by atoms with Gasteiger partial charge >= 0.3 is 0 Å². The molecule has 4 heteroatoms. The van der Waals surface area contributed by atoms with Gasteiger partial charge in [-0.05, 0) is 23.6 Å². The Hall–Kier alpha value is -0.420. The molecule has 0 amide bonds. The maximum atomic E-state index is 9.79. The van der Waals surface area contributed by atoms with Crippen LogP contribution < -0.4 is 0 Å². The van der Waals surface area contributed by atoms with E-state index in [0.29, 0.717) is 10.9 Å². The van der Waals surface area contributed by atoms with Crippen LogP contribution in [0, 0.1) is 6.92 Å². The van der Waals surface area contributed by atoms with E-state index < -0.39 is 12.2 Å². The third kappa shape index (κ3) is 3.01. The van der Waals surface area contributed by atoms with Crippen LogP contribution in [-0.4, -0.2) is 26.8 Å². The largest absolute Gasteiger partial charge is 0.392 e. The molecule has 0 radical (unpaired) electrons. The van der Waals surface area contributed by atoms with Gasteiger partial charge < -0.3 is 15.3 Å². The first kappa shape index (κ1) is 12.6. The summed E-state index contributed by atoms with van der Waals surface area (Å²) in [6, 6.07) is 5.28. The number of halogens is 1. The van der Waals surface area contributed by atoms with Gasteiger partial charge in [-0.2, -0.15) is 0 Å². The van der Waals surface area contributed by atoms with Crippen LogP contribution in [0.4, 0.5) is 0 Å². The molecule has 1 rings (SSSR count). The molecule has 1 aromatic carbocycles. The zero-order valence-corrected chi connectivity index (χ0v) is 10.1. The minimum Gasteiger partial charge on any atom is -0.392 e. The van der Waals surface area contributed by atoms with Crippen molar-refractivity contribution in [3.63, 3.8) is 0 Å². The summed E-state index contributed by atoms with van der Waals surface area (Å²) < 4.78 is 0. The van der Waals surface area contributed by atoms with E-state index in [9.17, 15) is 10.2 Å². The summed E-state index contributed by atoms with van der Waals surface area (Å²) in [4.78, 5) is 0. The molecule has 2 unspecified atom stereocenters. The molecule has 2 atom stereocenters. The Bertz CT molecular complexity index is 328. The second-order valence-corrected chi connectivity index (χ2v) is 4.16. The molecule has 0 aliphatic carbocycles. The van der Waals surface area contributed by atoms with Gasteiger partial charge in [0.15, 0.2) is 0 Å². The van der Waals surface area contributed by atoms with Crippen molar-refractivity contribution < 1.29 is 15.3 Å². The number of aliphatic hydroxyl groups is 3. The van der Waals surface area contributed by atoms with Crippen LogP contribution in [0.2, 0.25) is 0 Å². The summed E-state index contributed by atoms with van der Waals surface area (Å²) in [5, 5.41) is 28.5. The van der Waals surface area contributed by atoms with Gasteiger partial charge in [0.2, 0.25) is 0 Å². The first-order valence-electron chi connectivity index (χ1n) is 4.72. The predicted molar refractivity (Wildman–Crippen MR) is 61.9 cm³/mol. The summed E-state index contributed by atoms with van der Waals surface area (Å²) in [5.41, 5.74) is 2.37. The number of aliphatic hydroxyl groups excluding tert-OH is 3. The molecule has 0 saturated heterocycles. The summed E-state index contributed by atoms with van der Waals surface area (Å²) >= 11 is 3.12. The van der Waals surface area contributed by atoms with Gasteiger partial charge in [0.25, 0.3) is 0 Å². The molecule has 0 aliphatic rings. The van der Waals surface area contributed by atoms with Crippen LogP contribution in [0.5, 0.6) is 0 Å². The zero-order valence-electron chi connectivity index (χ0n) is 8.52. The van der Waals surface area contributed by atoms with Gasteiger partial charge in [-0.15, -0.1) is 0 Å². The normalized spacial score (nSPS) is 15.0. The monoisotopic (exact) mass is 274 g/mol. The molecule has 0 fully saturated rings. The molecule has 0 spiro atoms. The highest BCUT2D eigenvalue weighted by Gasteiger charge is 2.18. The van der Waals surface area contributed by atoms with Gasteiger partial charge in [-0.25, -0.2) is 0 Å². The molecule has 0 bridgehead atoms. The number of aryl methyl sites for hydroxylation is 1. The van der Waals surface area contributed by atoms with Gasteiger partial charge in [0.1, 0.15) is 6.10 Å². The van der Waals surface area contributed by atoms with Crippen LogP contribution in [-0.2, 0) is 6.61 Å². The molecule has 84 valence electrons. The SMILES string of the molecule is Cc1cc(CO)ccc1C(O)C(O)CBr. The summed E-state index contributed by atoms with van der Waals surface area (Å²) in [6.07, 6.45) is -1.71. The Morgan fingerprint density at radius 2 is 2.00 bits per heavy atom. The fraction of sp³-hybridized carbons (Fsp3) is 0.455. The van der Waals surface area contributed by atoms with E-state index in [2.05, 4.69) is 15.9 Å². The van der Waals surface area contributed by atoms with Crippen molar-refractivity contribution in [2.45, 2.75) is 25.7 Å². The number of alkyl halides is 1. The standard InChI is InChI=1S/C11H15BrO3/c1-7-4-8(6-13)2-3-9(7)11(15)10(14)5-12/h2-4,10-11,13-15H,5-6H2,1H3. The minimum atomic E-state index is -0.892. The lowest BCUT2D eigenvalue weighted by atomic mass is 9.98. The molecular weight excluding hydrogens is 260 g/mol. The van der Waals surface area contributed by atoms with E-state index in [0.717, 1.165) is 11.1 Å². The Morgan fingerprint density at radius 3 is 2.47 bits per heavy atom. The van der Waals surface area contributed by atoms with Gasteiger partial charge in [-0.3, -0.25) is 0 Å². The average Bonchev–Trinajstić information content (AvgIpc) is 2.26. The number of hydrogen-bond donors (Lipinski definition) is 3. The van der Waals surface area contributed by atoms with Gasteiger partial charge in [0.05, 0.1) is 12.7 Å². The van der Waals surface area contributed by atoms with Crippen LogP contribution >= 0.6 is 15.9 Å². The molecular formula is C11H15BrO3. The van der Waals surface area contributed by atoms with Crippen molar-refractivity contribution in [3.8, 4) is 0 Å². The van der Waals surface area contributed by atoms with Crippen molar-refractivity contribution in [1.82, 2.24) is 0 Å². The van der Waals surface area contributed by atoms with Crippen molar-refractivity contribution in [2.75, 3.05) is 5.33 Å². The minimum absolute atomic E-state index is 0.0157. The predicted octanol–water partition coefficient (Wildman–Crippen LogP) is 1.28. The van der Waals surface area contributed by atoms with E-state index in [4.69, 9.17) is 5.11 Å². The van der Waals surface area contributed by atoms with Crippen molar-refractivity contribution >= 4 is 15.9 Å². The highest BCUT2D eigenvalue weighted by Crippen LogP contribution is 2.22. The van der Waals surface area contributed by atoms with Gasteiger partial charge in [-0.1, -0.05) is 34.1 Å². The average molecular weight is 275 g/mol. The highest BCUT2D eigenvalue weighted by molar-refractivity contribution is 9.09. The summed E-state index contributed by atoms with van der Waals surface area (Å²) in [5.74, 6) is 0. The maximum absolute atomic E-state index is 9.79. The Labute approximate surface area is 97.5 Å². The molecule has 0 aliphatic heterocycles. The molecule has 15 heavy (non-hydrogen) atoms. The topological polar surface area (TPSA) is 60.7 Å². The fourth-order valence-electron chi connectivity index (χ4n) is 1.46. The molecule has 0 heterocycles. The lowest BCUT2D eigenvalue weighted by molar-refractivity contribution is 0.0338. The van der Waals surface area contributed by atoms with Crippen LogP contribution in [0.3, 0.4) is 0 Å². The van der Waals surface area contributed by atoms with Crippen molar-refractivity contribution in [3.05, 3.63) is 34.9 Å². The molecule has 1 aromatic rings. The highest BCUT2D eigenvalue weighted by atomic mass is 79.9. The Kier molecular flexibility index (Phi) is 4.73. The van der Waals surface area contributed by atoms with E-state index in [1.165, 1.54) is 0 Å². The second-order valence-electron chi connectivity index (χ2n) is 3.52. The third-order valence-electron chi connectivity index (χ3n) is 2.36. The van der Waals surface area contributed by atoms with E-state index in [1.807, 2.05) is 6.92 Å². The first-order valence-corrected chi connectivity index (χ1v) is 5.84. The maximum Gasteiger partial charge on any atom is 0.106 e. The molecule has 0 aromatic heterocycles. The summed E-state index contributed by atoms with van der Waals surface area (Å²) in [7, 11) is 0. The van der Waals surface area contributed by atoms with Crippen LogP contribution in [0.25, 0.3) is 0 Å². The third-order valence-corrected chi connectivity index (χ3v) is 3.02. The fourth-order valence-corrected chi connectivity index (χ4v) is 1.81. The lowest BCUT2D eigenvalue weighted by Gasteiger charge is -2.18. The zero-order chi connectivity index (χ0) is 11.4. The summed E-state index contributed by atoms with van der Waals surface area (Å²) in [6.45, 7) is 1.83. The Morgan fingerprint density at radius 1 is 1.33 bits per heavy atom. The van der Waals surface area contributed by atoms with Crippen molar-refractivity contribution in [1.29, 1.82) is 0 Å². The van der Waals surface area contributed by atoms with E-state index in [1.54, 1.807) is 18.2 Å². The molecule has 0 saturated carbocycles. The quantitative estimate of drug-likeness (QED) is 0.725. The second kappa shape index (κ2) is 5.61. The number of hydrogen-bond acceptors (Lipinski definition) is 3. The number of benzene rings is 1. The van der Waals surface area contributed by atoms with E-state index in [-0.39, 0.29) is 6.61 Å². The van der Waals surface area contributed by atoms with Gasteiger partial charge in [0, 0.05) is 5.33 Å². The first-order chi connectivity index (χ1) is 7.10. The van der Waals surface area contributed by atoms with Crippen LogP contribution in [0.15, 0.2) is 18.2 Å².